The average Bonchev–Trinajstić information content (AvgIpc) is 2.42. The molecule has 1 rings (SSSR count). The minimum Gasteiger partial charge on any atom is -0.480 e. The number of ether oxygens (including phenoxy) is 1. The second-order valence-electron chi connectivity index (χ2n) is 5.26. The molecule has 1 heterocycles. The Bertz CT molecular complexity index is 561. The summed E-state index contributed by atoms with van der Waals surface area (Å²) in [6, 6.07) is 2.35. The summed E-state index contributed by atoms with van der Waals surface area (Å²) >= 11 is 0. The van der Waals surface area contributed by atoms with Crippen molar-refractivity contribution in [2.45, 2.75) is 20.0 Å². The van der Waals surface area contributed by atoms with Crippen LogP contribution in [0, 0.1) is 5.92 Å². The van der Waals surface area contributed by atoms with Gasteiger partial charge in [0.15, 0.2) is 6.61 Å². The van der Waals surface area contributed by atoms with Crippen LogP contribution in [0.4, 0.5) is 13.2 Å². The number of carbonyl (C=O) groups excluding carboxylic acids is 1. The van der Waals surface area contributed by atoms with Crippen molar-refractivity contribution < 1.29 is 32.6 Å². The molecule has 1 amide bonds. The molecule has 1 aromatic rings. The summed E-state index contributed by atoms with van der Waals surface area (Å²) in [5.74, 6) is -2.11. The third kappa shape index (κ3) is 6.98. The van der Waals surface area contributed by atoms with Gasteiger partial charge in [-0.05, 0) is 12.0 Å². The quantitative estimate of drug-likeness (QED) is 0.827. The van der Waals surface area contributed by atoms with Crippen LogP contribution in [0.1, 0.15) is 24.2 Å². The smallest absolute Gasteiger partial charge is 0.422 e. The molecule has 9 heteroatoms. The van der Waals surface area contributed by atoms with E-state index in [1.165, 1.54) is 6.07 Å². The molecule has 0 saturated carbocycles. The third-order valence-corrected chi connectivity index (χ3v) is 2.56. The van der Waals surface area contributed by atoms with Gasteiger partial charge < -0.3 is 14.7 Å². The van der Waals surface area contributed by atoms with E-state index in [1.807, 2.05) is 13.8 Å². The van der Waals surface area contributed by atoms with Crippen molar-refractivity contribution in [1.29, 1.82) is 0 Å². The zero-order chi connectivity index (χ0) is 17.6. The highest BCUT2D eigenvalue weighted by atomic mass is 19.4. The molecule has 23 heavy (non-hydrogen) atoms. The van der Waals surface area contributed by atoms with E-state index < -0.39 is 31.2 Å². The number of alkyl halides is 3. The molecule has 1 N–H and O–H groups in total. The number of aromatic nitrogens is 1. The summed E-state index contributed by atoms with van der Waals surface area (Å²) < 4.78 is 40.8. The van der Waals surface area contributed by atoms with Crippen LogP contribution >= 0.6 is 0 Å². The van der Waals surface area contributed by atoms with Gasteiger partial charge in [0, 0.05) is 24.4 Å². The normalized spacial score (nSPS) is 11.4. The lowest BCUT2D eigenvalue weighted by Crippen LogP contribution is -2.38. The molecular weight excluding hydrogens is 317 g/mol. The SMILES string of the molecule is CC(C)CN(CC(=O)O)C(=O)c1ccnc(OCC(F)(F)F)c1. The number of pyridine rings is 1. The molecule has 0 saturated heterocycles. The van der Waals surface area contributed by atoms with Gasteiger partial charge in [-0.3, -0.25) is 9.59 Å². The predicted molar refractivity (Wildman–Crippen MR) is 74.2 cm³/mol. The maximum atomic E-state index is 12.3. The van der Waals surface area contributed by atoms with E-state index in [4.69, 9.17) is 5.11 Å². The second-order valence-corrected chi connectivity index (χ2v) is 5.26. The number of hydrogen-bond donors (Lipinski definition) is 1. The summed E-state index contributed by atoms with van der Waals surface area (Å²) in [7, 11) is 0. The van der Waals surface area contributed by atoms with Crippen molar-refractivity contribution in [2.75, 3.05) is 19.7 Å². The summed E-state index contributed by atoms with van der Waals surface area (Å²) in [6.45, 7) is 1.80. The van der Waals surface area contributed by atoms with E-state index in [0.717, 1.165) is 17.2 Å². The van der Waals surface area contributed by atoms with Crippen LogP contribution in [-0.2, 0) is 4.79 Å². The van der Waals surface area contributed by atoms with Gasteiger partial charge >= 0.3 is 12.1 Å². The minimum absolute atomic E-state index is 0.0130. The predicted octanol–water partition coefficient (Wildman–Crippen LogP) is 2.21. The highest BCUT2D eigenvalue weighted by Crippen LogP contribution is 2.18. The Hall–Kier alpha value is -2.32. The maximum Gasteiger partial charge on any atom is 0.422 e. The van der Waals surface area contributed by atoms with E-state index in [9.17, 15) is 22.8 Å². The molecule has 0 aliphatic carbocycles. The first-order chi connectivity index (χ1) is 10.6. The Kier molecular flexibility index (Phi) is 6.35. The first kappa shape index (κ1) is 18.7. The van der Waals surface area contributed by atoms with Crippen LogP contribution in [0.25, 0.3) is 0 Å². The van der Waals surface area contributed by atoms with E-state index >= 15 is 0 Å². The van der Waals surface area contributed by atoms with Gasteiger partial charge in [-0.2, -0.15) is 13.2 Å². The zero-order valence-corrected chi connectivity index (χ0v) is 12.6. The summed E-state index contributed by atoms with van der Waals surface area (Å²) in [4.78, 5) is 27.9. The number of carboxylic acid groups (broad SMARTS) is 1. The summed E-state index contributed by atoms with van der Waals surface area (Å²) in [6.07, 6.45) is -3.39. The lowest BCUT2D eigenvalue weighted by atomic mass is 10.1. The second kappa shape index (κ2) is 7.80. The Morgan fingerprint density at radius 1 is 1.39 bits per heavy atom. The Morgan fingerprint density at radius 3 is 2.57 bits per heavy atom. The topological polar surface area (TPSA) is 79.7 Å². The highest BCUT2D eigenvalue weighted by Gasteiger charge is 2.29. The molecule has 0 radical (unpaired) electrons. The number of hydrogen-bond acceptors (Lipinski definition) is 4. The number of rotatable bonds is 7. The Morgan fingerprint density at radius 2 is 2.04 bits per heavy atom. The molecule has 128 valence electrons. The van der Waals surface area contributed by atoms with E-state index in [1.54, 1.807) is 0 Å². The third-order valence-electron chi connectivity index (χ3n) is 2.56. The number of carbonyl (C=O) groups is 2. The van der Waals surface area contributed by atoms with Crippen molar-refractivity contribution in [3.63, 3.8) is 0 Å². The number of halogens is 3. The van der Waals surface area contributed by atoms with Crippen LogP contribution in [-0.4, -0.2) is 52.7 Å². The van der Waals surface area contributed by atoms with Crippen LogP contribution < -0.4 is 4.74 Å². The Balaban J connectivity index is 2.90. The molecule has 1 aromatic heterocycles. The van der Waals surface area contributed by atoms with Gasteiger partial charge in [-0.25, -0.2) is 4.98 Å². The molecule has 0 aliphatic rings. The van der Waals surface area contributed by atoms with E-state index in [2.05, 4.69) is 9.72 Å². The average molecular weight is 334 g/mol. The molecular formula is C14H17F3N2O4. The fourth-order valence-electron chi connectivity index (χ4n) is 1.78. The minimum atomic E-state index is -4.52. The standard InChI is InChI=1S/C14H17F3N2O4/c1-9(2)6-19(7-12(20)21)13(22)10-3-4-18-11(5-10)23-8-14(15,16)17/h3-5,9H,6-8H2,1-2H3,(H,20,21). The molecule has 0 unspecified atom stereocenters. The van der Waals surface area contributed by atoms with Crippen molar-refractivity contribution in [2.24, 2.45) is 5.92 Å². The maximum absolute atomic E-state index is 12.3. The number of amides is 1. The number of carboxylic acids is 1. The molecule has 0 spiro atoms. The lowest BCUT2D eigenvalue weighted by molar-refractivity contribution is -0.154. The van der Waals surface area contributed by atoms with Gasteiger partial charge in [0.05, 0.1) is 0 Å². The lowest BCUT2D eigenvalue weighted by Gasteiger charge is -2.22. The van der Waals surface area contributed by atoms with E-state index in [-0.39, 0.29) is 23.9 Å². The van der Waals surface area contributed by atoms with Crippen molar-refractivity contribution >= 4 is 11.9 Å². The number of aliphatic carboxylic acids is 1. The molecule has 0 bridgehead atoms. The van der Waals surface area contributed by atoms with Gasteiger partial charge in [0.25, 0.3) is 5.91 Å². The molecule has 0 atom stereocenters. The largest absolute Gasteiger partial charge is 0.480 e. The van der Waals surface area contributed by atoms with Crippen molar-refractivity contribution in [3.8, 4) is 5.88 Å². The van der Waals surface area contributed by atoms with Gasteiger partial charge in [-0.15, -0.1) is 0 Å². The van der Waals surface area contributed by atoms with Crippen LogP contribution in [0.5, 0.6) is 5.88 Å². The first-order valence-corrected chi connectivity index (χ1v) is 6.75. The fraction of sp³-hybridized carbons (Fsp3) is 0.500. The molecule has 6 nitrogen and oxygen atoms in total. The molecule has 0 aromatic carbocycles. The van der Waals surface area contributed by atoms with Crippen LogP contribution in [0.2, 0.25) is 0 Å². The van der Waals surface area contributed by atoms with Crippen LogP contribution in [0.15, 0.2) is 18.3 Å². The van der Waals surface area contributed by atoms with Gasteiger partial charge in [-0.1, -0.05) is 13.8 Å². The molecule has 0 fully saturated rings. The zero-order valence-electron chi connectivity index (χ0n) is 12.6. The van der Waals surface area contributed by atoms with Gasteiger partial charge in [0.2, 0.25) is 5.88 Å². The monoisotopic (exact) mass is 334 g/mol. The highest BCUT2D eigenvalue weighted by molar-refractivity contribution is 5.96. The van der Waals surface area contributed by atoms with Crippen LogP contribution in [0.3, 0.4) is 0 Å². The van der Waals surface area contributed by atoms with Crippen molar-refractivity contribution in [3.05, 3.63) is 23.9 Å². The summed E-state index contributed by atoms with van der Waals surface area (Å²) in [5, 5.41) is 8.87. The van der Waals surface area contributed by atoms with E-state index in [0.29, 0.717) is 0 Å². The Labute approximate surface area is 130 Å². The van der Waals surface area contributed by atoms with Gasteiger partial charge in [0.1, 0.15) is 6.54 Å². The van der Waals surface area contributed by atoms with Crippen molar-refractivity contribution in [1.82, 2.24) is 9.88 Å². The fourth-order valence-corrected chi connectivity index (χ4v) is 1.78. The molecule has 0 aliphatic heterocycles. The summed E-state index contributed by atoms with van der Waals surface area (Å²) in [5.41, 5.74) is 0.0130. The first-order valence-electron chi connectivity index (χ1n) is 6.75. The number of nitrogens with zero attached hydrogens (tertiary/aromatic N) is 2.